The number of hydrogen-bond acceptors (Lipinski definition) is 12. The Balaban J connectivity index is -0.000000142. The van der Waals surface area contributed by atoms with Gasteiger partial charge in [0.1, 0.15) is 0 Å². The van der Waals surface area contributed by atoms with E-state index in [1.54, 1.807) is 85.3 Å². The zero-order valence-electron chi connectivity index (χ0n) is 44.4. The summed E-state index contributed by atoms with van der Waals surface area (Å²) in [4.78, 5) is 0. The van der Waals surface area contributed by atoms with Crippen LogP contribution in [0.2, 0.25) is 0 Å². The SMILES string of the molecule is COCCOC.COCCOC.COCCOC.COCCOC.COCCOC.COCCOC.Cc1cc(C)cc([N-]Cc2[c-]c(C[N-]c3cc(C)cc(C)c3)ccc2)c1.[Li+].[Li+].[Li+]. The minimum Gasteiger partial charge on any atom is -0.682 e. The van der Waals surface area contributed by atoms with E-state index in [1.807, 2.05) is 0 Å². The summed E-state index contributed by atoms with van der Waals surface area (Å²) < 4.78 is 55.9. The first-order valence-corrected chi connectivity index (χ1v) is 20.4. The van der Waals surface area contributed by atoms with Crippen molar-refractivity contribution in [2.75, 3.05) is 165 Å². The minimum atomic E-state index is 0. The monoisotopic (exact) mass is 903 g/mol. The molecule has 0 unspecified atom stereocenters. The Morgan fingerprint density at radius 2 is 0.508 bits per heavy atom. The van der Waals surface area contributed by atoms with Crippen LogP contribution in [0.1, 0.15) is 33.4 Å². The number of hydrogen-bond donors (Lipinski definition) is 0. The molecule has 0 radical (unpaired) electrons. The average Bonchev–Trinajstić information content (AvgIpc) is 3.26. The third kappa shape index (κ3) is 62.6. The summed E-state index contributed by atoms with van der Waals surface area (Å²) in [5, 5.41) is 9.44. The molecule has 0 amide bonds. The summed E-state index contributed by atoms with van der Waals surface area (Å²) in [7, 11) is 19.8. The molecule has 0 N–H and O–H groups in total. The zero-order chi connectivity index (χ0) is 47.5. The fourth-order valence-corrected chi connectivity index (χ4v) is 4.19. The smallest absolute Gasteiger partial charge is 0.682 e. The second-order valence-corrected chi connectivity index (χ2v) is 12.9. The standard InChI is InChI=1S/C24H25N2.6C4H10O2.3Li/c1-17-8-18(2)11-23(10-17)25-15-21-6-5-7-22(14-21)16-26-24-12-19(3)9-20(4)13-24;6*1-5-3-4-6-2;;;/h5-13H,15-16H2,1-4H3;6*3-4H2,1-2H3;;;/q-3;;;;;;;3*+1. The van der Waals surface area contributed by atoms with Gasteiger partial charge in [-0.3, -0.25) is 0 Å². The van der Waals surface area contributed by atoms with Gasteiger partial charge in [0.2, 0.25) is 0 Å². The quantitative estimate of drug-likeness (QED) is 0.0671. The van der Waals surface area contributed by atoms with Gasteiger partial charge in [-0.2, -0.15) is 35.4 Å². The van der Waals surface area contributed by atoms with Crippen molar-refractivity contribution in [3.8, 4) is 0 Å². The van der Waals surface area contributed by atoms with Gasteiger partial charge in [0.15, 0.2) is 0 Å². The molecule has 17 heteroatoms. The van der Waals surface area contributed by atoms with E-state index in [-0.39, 0.29) is 56.6 Å². The topological polar surface area (TPSA) is 139 Å². The normalized spacial score (nSPS) is 9.23. The van der Waals surface area contributed by atoms with E-state index in [2.05, 4.69) is 145 Å². The maximum Gasteiger partial charge on any atom is 1.00 e. The molecule has 0 aliphatic rings. The van der Waals surface area contributed by atoms with E-state index < -0.39 is 0 Å². The van der Waals surface area contributed by atoms with Gasteiger partial charge in [-0.25, -0.2) is 0 Å². The Morgan fingerprint density at radius 3 is 0.677 bits per heavy atom. The van der Waals surface area contributed by atoms with Crippen LogP contribution in [0.5, 0.6) is 0 Å². The molecule has 0 atom stereocenters. The van der Waals surface area contributed by atoms with Gasteiger partial charge in [0, 0.05) is 85.3 Å². The van der Waals surface area contributed by atoms with Crippen LogP contribution >= 0.6 is 0 Å². The molecular weight excluding hydrogens is 817 g/mol. The number of methoxy groups -OCH3 is 12. The summed E-state index contributed by atoms with van der Waals surface area (Å²) in [6.45, 7) is 18.0. The Morgan fingerprint density at radius 1 is 0.323 bits per heavy atom. The van der Waals surface area contributed by atoms with E-state index in [9.17, 15) is 0 Å². The van der Waals surface area contributed by atoms with Gasteiger partial charge in [0.25, 0.3) is 0 Å². The van der Waals surface area contributed by atoms with E-state index in [4.69, 9.17) is 10.6 Å². The number of benzene rings is 3. The predicted molar refractivity (Wildman–Crippen MR) is 253 cm³/mol. The zero-order valence-corrected chi connectivity index (χ0v) is 44.4. The molecule has 0 aliphatic carbocycles. The van der Waals surface area contributed by atoms with Crippen LogP contribution in [0, 0.1) is 33.8 Å². The summed E-state index contributed by atoms with van der Waals surface area (Å²) in [6, 6.07) is 22.5. The summed E-state index contributed by atoms with van der Waals surface area (Å²) in [6.07, 6.45) is 0. The van der Waals surface area contributed by atoms with Crippen molar-refractivity contribution in [1.82, 2.24) is 0 Å². The summed E-state index contributed by atoms with van der Waals surface area (Å²) in [5.41, 5.74) is 9.22. The second-order valence-electron chi connectivity index (χ2n) is 12.9. The summed E-state index contributed by atoms with van der Waals surface area (Å²) >= 11 is 0. The van der Waals surface area contributed by atoms with Crippen LogP contribution in [-0.4, -0.2) is 165 Å². The number of rotatable bonds is 24. The van der Waals surface area contributed by atoms with Crippen LogP contribution in [0.15, 0.2) is 54.6 Å². The van der Waals surface area contributed by atoms with E-state index in [0.717, 1.165) is 22.5 Å². The first-order chi connectivity index (χ1) is 30.0. The molecule has 362 valence electrons. The van der Waals surface area contributed by atoms with Crippen molar-refractivity contribution >= 4 is 11.4 Å². The fourth-order valence-electron chi connectivity index (χ4n) is 4.19. The predicted octanol–water partition coefficient (Wildman–Crippen LogP) is -0.182. The Bertz CT molecular complexity index is 1140. The van der Waals surface area contributed by atoms with Gasteiger partial charge in [-0.1, -0.05) is 58.7 Å². The molecule has 0 saturated heterocycles. The van der Waals surface area contributed by atoms with Crippen molar-refractivity contribution in [3.63, 3.8) is 0 Å². The van der Waals surface area contributed by atoms with Gasteiger partial charge >= 0.3 is 56.6 Å². The van der Waals surface area contributed by atoms with Crippen molar-refractivity contribution in [2.24, 2.45) is 0 Å². The molecule has 0 saturated carbocycles. The van der Waals surface area contributed by atoms with Crippen LogP contribution in [0.3, 0.4) is 0 Å². The molecule has 65 heavy (non-hydrogen) atoms. The number of ether oxygens (including phenoxy) is 12. The van der Waals surface area contributed by atoms with Gasteiger partial charge in [-0.15, -0.1) is 24.5 Å². The Kier molecular flexibility index (Phi) is 77.4. The molecule has 3 aromatic carbocycles. The number of nitrogens with zero attached hydrogens (tertiary/aromatic N) is 2. The molecule has 14 nitrogen and oxygen atoms in total. The average molecular weight is 903 g/mol. The molecule has 0 fully saturated rings. The molecule has 0 aliphatic heterocycles. The Hall–Kier alpha value is -1.43. The number of aryl methyl sites for hydroxylation is 4. The van der Waals surface area contributed by atoms with E-state index >= 15 is 0 Å². The first-order valence-electron chi connectivity index (χ1n) is 20.4. The third-order valence-electron chi connectivity index (χ3n) is 7.14. The molecule has 0 spiro atoms. The molecule has 0 bridgehead atoms. The molecular formula is C48H85Li3N2O12. The second kappa shape index (κ2) is 64.7. The summed E-state index contributed by atoms with van der Waals surface area (Å²) in [5.74, 6) is 0. The maximum absolute atomic E-state index is 4.72. The van der Waals surface area contributed by atoms with E-state index in [1.165, 1.54) is 22.3 Å². The largest absolute Gasteiger partial charge is 1.00 e. The van der Waals surface area contributed by atoms with Crippen LogP contribution < -0.4 is 56.6 Å². The van der Waals surface area contributed by atoms with Gasteiger partial charge < -0.3 is 67.5 Å². The molecule has 0 heterocycles. The fraction of sp³-hybridized carbons (Fsp3) is 0.625. The maximum atomic E-state index is 4.72. The van der Waals surface area contributed by atoms with E-state index in [0.29, 0.717) is 92.4 Å². The van der Waals surface area contributed by atoms with Crippen molar-refractivity contribution < 1.29 is 113 Å². The molecule has 3 aromatic rings. The van der Waals surface area contributed by atoms with Gasteiger partial charge in [-0.05, 0) is 27.7 Å². The van der Waals surface area contributed by atoms with Gasteiger partial charge in [0.05, 0.1) is 79.3 Å². The Labute approximate surface area is 432 Å². The van der Waals surface area contributed by atoms with Crippen LogP contribution in [0.25, 0.3) is 10.6 Å². The molecule has 0 aromatic heterocycles. The third-order valence-corrected chi connectivity index (χ3v) is 7.14. The van der Waals surface area contributed by atoms with Crippen molar-refractivity contribution in [2.45, 2.75) is 40.8 Å². The minimum absolute atomic E-state index is 0. The first kappa shape index (κ1) is 77.8. The molecule has 3 rings (SSSR count). The van der Waals surface area contributed by atoms with Crippen LogP contribution in [-0.2, 0) is 69.9 Å². The van der Waals surface area contributed by atoms with Crippen LogP contribution in [0.4, 0.5) is 11.4 Å². The van der Waals surface area contributed by atoms with Crippen molar-refractivity contribution in [3.05, 3.63) is 105 Å². The van der Waals surface area contributed by atoms with Crippen molar-refractivity contribution in [1.29, 1.82) is 0 Å².